The highest BCUT2D eigenvalue weighted by Crippen LogP contribution is 2.28. The quantitative estimate of drug-likeness (QED) is 0.805. The van der Waals surface area contributed by atoms with Crippen LogP contribution in [0.15, 0.2) is 22.7 Å². The van der Waals surface area contributed by atoms with Gasteiger partial charge in [0.1, 0.15) is 12.4 Å². The van der Waals surface area contributed by atoms with Crippen LogP contribution in [0.2, 0.25) is 0 Å². The Morgan fingerprint density at radius 2 is 2.26 bits per heavy atom. The van der Waals surface area contributed by atoms with Crippen molar-refractivity contribution in [2.45, 2.75) is 38.8 Å². The first kappa shape index (κ1) is 14.7. The Morgan fingerprint density at radius 3 is 2.89 bits per heavy atom. The summed E-state index contributed by atoms with van der Waals surface area (Å²) in [4.78, 5) is 2.36. The Balaban J connectivity index is 2.10. The predicted octanol–water partition coefficient (Wildman–Crippen LogP) is 4.08. The van der Waals surface area contributed by atoms with E-state index >= 15 is 0 Å². The van der Waals surface area contributed by atoms with Crippen LogP contribution < -0.4 is 4.74 Å². The molecule has 0 N–H and O–H groups in total. The number of alkyl halides is 2. The van der Waals surface area contributed by atoms with Crippen molar-refractivity contribution in [3.63, 3.8) is 0 Å². The van der Waals surface area contributed by atoms with E-state index in [0.29, 0.717) is 11.8 Å². The fourth-order valence-corrected chi connectivity index (χ4v) is 2.82. The number of ether oxygens (including phenoxy) is 1. The average Bonchev–Trinajstić information content (AvgIpc) is 2.74. The van der Waals surface area contributed by atoms with Crippen molar-refractivity contribution in [2.24, 2.45) is 0 Å². The number of hydrogen-bond donors (Lipinski definition) is 0. The molecule has 106 valence electrons. The second-order valence-corrected chi connectivity index (χ2v) is 5.83. The molecule has 0 saturated carbocycles. The van der Waals surface area contributed by atoms with Crippen molar-refractivity contribution in [2.75, 3.05) is 13.2 Å². The molecule has 1 unspecified atom stereocenters. The van der Waals surface area contributed by atoms with Gasteiger partial charge in [0, 0.05) is 22.6 Å². The zero-order valence-corrected chi connectivity index (χ0v) is 12.5. The van der Waals surface area contributed by atoms with Crippen LogP contribution in [0.25, 0.3) is 0 Å². The van der Waals surface area contributed by atoms with E-state index in [1.54, 1.807) is 6.07 Å². The van der Waals surface area contributed by atoms with Crippen LogP contribution in [0.5, 0.6) is 5.75 Å². The highest BCUT2D eigenvalue weighted by Gasteiger charge is 2.21. The van der Waals surface area contributed by atoms with Crippen LogP contribution in [0.3, 0.4) is 0 Å². The molecule has 0 amide bonds. The zero-order chi connectivity index (χ0) is 13.8. The molecule has 1 heterocycles. The van der Waals surface area contributed by atoms with Gasteiger partial charge in [0.15, 0.2) is 0 Å². The number of hydrogen-bond acceptors (Lipinski definition) is 2. The summed E-state index contributed by atoms with van der Waals surface area (Å²) in [5.41, 5.74) is 0.962. The molecule has 0 aliphatic carbocycles. The fraction of sp³-hybridized carbons (Fsp3) is 0.571. The van der Waals surface area contributed by atoms with Crippen molar-refractivity contribution < 1.29 is 13.5 Å². The number of rotatable bonds is 5. The summed E-state index contributed by atoms with van der Waals surface area (Å²) in [6.45, 7) is 3.45. The molecule has 0 radical (unpaired) electrons. The largest absolute Gasteiger partial charge is 0.487 e. The van der Waals surface area contributed by atoms with Gasteiger partial charge in [-0.25, -0.2) is 8.78 Å². The van der Waals surface area contributed by atoms with E-state index < -0.39 is 13.0 Å². The standard InChI is InChI=1S/C14H18BrF2NO/c1-10-3-2-6-18(10)8-11-7-12(15)4-5-13(11)19-9-14(16)17/h4-5,7,10,14H,2-3,6,8-9H2,1H3. The number of halogens is 3. The molecule has 1 fully saturated rings. The van der Waals surface area contributed by atoms with Gasteiger partial charge in [-0.1, -0.05) is 15.9 Å². The Bertz CT molecular complexity index is 428. The molecular formula is C14H18BrF2NO. The van der Waals surface area contributed by atoms with Gasteiger partial charge in [0.05, 0.1) is 0 Å². The highest BCUT2D eigenvalue weighted by molar-refractivity contribution is 9.10. The Hall–Kier alpha value is -0.680. The number of benzene rings is 1. The third-order valence-electron chi connectivity index (χ3n) is 3.45. The maximum absolute atomic E-state index is 12.3. The molecule has 0 aromatic heterocycles. The molecule has 2 nitrogen and oxygen atoms in total. The van der Waals surface area contributed by atoms with Gasteiger partial charge in [-0.3, -0.25) is 4.90 Å². The zero-order valence-electron chi connectivity index (χ0n) is 10.9. The van der Waals surface area contributed by atoms with E-state index in [2.05, 4.69) is 27.8 Å². The third kappa shape index (κ3) is 4.14. The molecular weight excluding hydrogens is 316 g/mol. The first-order valence-corrected chi connectivity index (χ1v) is 7.29. The lowest BCUT2D eigenvalue weighted by atomic mass is 10.1. The van der Waals surface area contributed by atoms with Gasteiger partial charge >= 0.3 is 0 Å². The molecule has 1 atom stereocenters. The van der Waals surface area contributed by atoms with Crippen LogP contribution in [0.1, 0.15) is 25.3 Å². The maximum atomic E-state index is 12.3. The van der Waals surface area contributed by atoms with Crippen LogP contribution in [0, 0.1) is 0 Å². The molecule has 1 aromatic rings. The van der Waals surface area contributed by atoms with Gasteiger partial charge in [-0.05, 0) is 44.5 Å². The molecule has 1 aliphatic heterocycles. The van der Waals surface area contributed by atoms with Gasteiger partial charge in [-0.2, -0.15) is 0 Å². The van der Waals surface area contributed by atoms with Crippen molar-refractivity contribution in [3.05, 3.63) is 28.2 Å². The van der Waals surface area contributed by atoms with Crippen molar-refractivity contribution in [3.8, 4) is 5.75 Å². The average molecular weight is 334 g/mol. The maximum Gasteiger partial charge on any atom is 0.272 e. The Labute approximate surface area is 120 Å². The van der Waals surface area contributed by atoms with Gasteiger partial charge in [0.2, 0.25) is 0 Å². The van der Waals surface area contributed by atoms with Gasteiger partial charge in [0.25, 0.3) is 6.43 Å². The summed E-state index contributed by atoms with van der Waals surface area (Å²) in [5, 5.41) is 0. The smallest absolute Gasteiger partial charge is 0.272 e. The SMILES string of the molecule is CC1CCCN1Cc1cc(Br)ccc1OCC(F)F. The molecule has 1 saturated heterocycles. The van der Waals surface area contributed by atoms with E-state index in [1.165, 1.54) is 12.8 Å². The Kier molecular flexibility index (Phi) is 5.16. The van der Waals surface area contributed by atoms with E-state index in [0.717, 1.165) is 23.1 Å². The molecule has 0 spiro atoms. The lowest BCUT2D eigenvalue weighted by molar-refractivity contribution is 0.0808. The monoisotopic (exact) mass is 333 g/mol. The normalized spacial score (nSPS) is 20.2. The lowest BCUT2D eigenvalue weighted by Gasteiger charge is -2.22. The summed E-state index contributed by atoms with van der Waals surface area (Å²) < 4.78 is 30.7. The number of likely N-dealkylation sites (tertiary alicyclic amines) is 1. The minimum atomic E-state index is -2.44. The first-order valence-electron chi connectivity index (χ1n) is 6.49. The molecule has 1 aliphatic rings. The molecule has 2 rings (SSSR count). The molecule has 19 heavy (non-hydrogen) atoms. The van der Waals surface area contributed by atoms with E-state index in [-0.39, 0.29) is 0 Å². The topological polar surface area (TPSA) is 12.5 Å². The van der Waals surface area contributed by atoms with Crippen molar-refractivity contribution in [1.29, 1.82) is 0 Å². The van der Waals surface area contributed by atoms with Crippen LogP contribution in [-0.2, 0) is 6.54 Å². The number of nitrogens with zero attached hydrogens (tertiary/aromatic N) is 1. The lowest BCUT2D eigenvalue weighted by Crippen LogP contribution is -2.26. The minimum Gasteiger partial charge on any atom is -0.487 e. The van der Waals surface area contributed by atoms with Gasteiger partial charge in [-0.15, -0.1) is 0 Å². The molecule has 0 bridgehead atoms. The predicted molar refractivity (Wildman–Crippen MR) is 74.7 cm³/mol. The van der Waals surface area contributed by atoms with E-state index in [9.17, 15) is 8.78 Å². The molecule has 1 aromatic carbocycles. The summed E-state index contributed by atoms with van der Waals surface area (Å²) >= 11 is 3.42. The van der Waals surface area contributed by atoms with Crippen LogP contribution in [-0.4, -0.2) is 30.5 Å². The fourth-order valence-electron chi connectivity index (χ4n) is 2.41. The third-order valence-corrected chi connectivity index (χ3v) is 3.94. The summed E-state index contributed by atoms with van der Waals surface area (Å²) in [6, 6.07) is 6.06. The van der Waals surface area contributed by atoms with E-state index in [1.807, 2.05) is 12.1 Å². The van der Waals surface area contributed by atoms with Crippen LogP contribution >= 0.6 is 15.9 Å². The van der Waals surface area contributed by atoms with Crippen molar-refractivity contribution >= 4 is 15.9 Å². The Morgan fingerprint density at radius 1 is 1.47 bits per heavy atom. The first-order chi connectivity index (χ1) is 9.06. The summed E-state index contributed by atoms with van der Waals surface area (Å²) in [6.07, 6.45) is -0.0499. The second-order valence-electron chi connectivity index (χ2n) is 4.92. The highest BCUT2D eigenvalue weighted by atomic mass is 79.9. The van der Waals surface area contributed by atoms with E-state index in [4.69, 9.17) is 4.74 Å². The second kappa shape index (κ2) is 6.66. The summed E-state index contributed by atoms with van der Waals surface area (Å²) in [7, 11) is 0. The molecule has 5 heteroatoms. The van der Waals surface area contributed by atoms with Gasteiger partial charge < -0.3 is 4.74 Å². The van der Waals surface area contributed by atoms with Crippen LogP contribution in [0.4, 0.5) is 8.78 Å². The summed E-state index contributed by atoms with van der Waals surface area (Å²) in [5.74, 6) is 0.558. The minimum absolute atomic E-state index is 0.543. The van der Waals surface area contributed by atoms with Crippen molar-refractivity contribution in [1.82, 2.24) is 4.90 Å².